The number of fused-ring (bicyclic) bond motifs is 9. The Kier molecular flexibility index (Phi) is 8.68. The van der Waals surface area contributed by atoms with Gasteiger partial charge in [0.25, 0.3) is 0 Å². The quantitative estimate of drug-likeness (QED) is 0.156. The van der Waals surface area contributed by atoms with Gasteiger partial charge >= 0.3 is 0 Å². The summed E-state index contributed by atoms with van der Waals surface area (Å²) in [6, 6.07) is 84.6. The molecule has 13 rings (SSSR count). The van der Waals surface area contributed by atoms with Gasteiger partial charge in [-0.2, -0.15) is 0 Å². The number of hydrogen-bond donors (Lipinski definition) is 0. The van der Waals surface area contributed by atoms with E-state index in [1.54, 1.807) is 0 Å². The zero-order valence-electron chi connectivity index (χ0n) is 35.7. The normalized spacial score (nSPS) is 11.8. The second-order valence-corrected chi connectivity index (χ2v) is 18.2. The van der Waals surface area contributed by atoms with Gasteiger partial charge < -0.3 is 13.7 Å². The van der Waals surface area contributed by atoms with Crippen molar-refractivity contribution in [3.8, 4) is 44.8 Å². The fraction of sp³-hybridized carbons (Fsp3) is 0.0164. The third-order valence-corrected chi connectivity index (χ3v) is 14.3. The van der Waals surface area contributed by atoms with E-state index in [2.05, 4.69) is 251 Å². The van der Waals surface area contributed by atoms with E-state index in [-0.39, 0.29) is 0 Å². The molecule has 0 aliphatic carbocycles. The largest absolute Gasteiger partial charge is 0.344 e. The highest BCUT2D eigenvalue weighted by Gasteiger charge is 2.18. The lowest BCUT2D eigenvalue weighted by Crippen LogP contribution is -1.94. The second-order valence-electron chi connectivity index (χ2n) is 17.0. The van der Waals surface area contributed by atoms with Gasteiger partial charge in [0, 0.05) is 71.6 Å². The zero-order valence-corrected chi connectivity index (χ0v) is 36.5. The van der Waals surface area contributed by atoms with Crippen LogP contribution in [0.3, 0.4) is 0 Å². The van der Waals surface area contributed by atoms with Crippen molar-refractivity contribution in [3.05, 3.63) is 231 Å². The molecule has 65 heavy (non-hydrogen) atoms. The molecule has 10 aromatic carbocycles. The predicted molar refractivity (Wildman–Crippen MR) is 276 cm³/mol. The number of nitrogens with zero attached hydrogens (tertiary/aromatic N) is 3. The van der Waals surface area contributed by atoms with Crippen LogP contribution >= 0.6 is 11.8 Å². The maximum absolute atomic E-state index is 2.45. The Morgan fingerprint density at radius 2 is 0.646 bits per heavy atom. The SMILES string of the molecule is Cn1c2ccccc2c2cc(-c3cccc(-n4c5ccc(Sc6ccc7c(c6)c6cc(-c8ccccc8)ccc6n7-c6ccccc6)cc5c5cc(-c6ccccc6)ccc54)c3)ccc21. The van der Waals surface area contributed by atoms with Gasteiger partial charge in [-0.3, -0.25) is 0 Å². The van der Waals surface area contributed by atoms with Crippen molar-refractivity contribution in [2.75, 3.05) is 0 Å². The molecular formula is C61H41N3S. The van der Waals surface area contributed by atoms with Crippen molar-refractivity contribution in [2.24, 2.45) is 7.05 Å². The Hall–Kier alpha value is -8.05. The molecule has 0 fully saturated rings. The lowest BCUT2D eigenvalue weighted by Gasteiger charge is -2.11. The number of para-hydroxylation sites is 2. The van der Waals surface area contributed by atoms with Gasteiger partial charge in [-0.15, -0.1) is 0 Å². The van der Waals surface area contributed by atoms with Crippen LogP contribution < -0.4 is 0 Å². The van der Waals surface area contributed by atoms with Gasteiger partial charge in [-0.1, -0.05) is 139 Å². The minimum Gasteiger partial charge on any atom is -0.344 e. The number of benzene rings is 10. The molecule has 0 saturated heterocycles. The highest BCUT2D eigenvalue weighted by Crippen LogP contribution is 2.42. The lowest BCUT2D eigenvalue weighted by molar-refractivity contribution is 1.01. The molecule has 0 radical (unpaired) electrons. The molecule has 0 unspecified atom stereocenters. The van der Waals surface area contributed by atoms with Gasteiger partial charge in [0.15, 0.2) is 0 Å². The molecular weight excluding hydrogens is 807 g/mol. The molecule has 0 N–H and O–H groups in total. The highest BCUT2D eigenvalue weighted by molar-refractivity contribution is 7.99. The van der Waals surface area contributed by atoms with Crippen LogP contribution in [0.1, 0.15) is 0 Å². The average Bonchev–Trinajstić information content (AvgIpc) is 3.98. The molecule has 0 atom stereocenters. The van der Waals surface area contributed by atoms with E-state index in [4.69, 9.17) is 0 Å². The van der Waals surface area contributed by atoms with Gasteiger partial charge in [-0.05, 0) is 137 Å². The van der Waals surface area contributed by atoms with Crippen molar-refractivity contribution >= 4 is 77.2 Å². The van der Waals surface area contributed by atoms with E-state index < -0.39 is 0 Å². The Morgan fingerprint density at radius 3 is 1.23 bits per heavy atom. The summed E-state index contributed by atoms with van der Waals surface area (Å²) < 4.78 is 7.14. The summed E-state index contributed by atoms with van der Waals surface area (Å²) in [4.78, 5) is 2.41. The van der Waals surface area contributed by atoms with Crippen LogP contribution in [0.15, 0.2) is 240 Å². The molecule has 13 aromatic rings. The molecule has 0 aliphatic heterocycles. The Balaban J connectivity index is 0.944. The van der Waals surface area contributed by atoms with E-state index in [1.807, 2.05) is 11.8 Å². The Labute approximate surface area is 381 Å². The van der Waals surface area contributed by atoms with Crippen molar-refractivity contribution in [1.29, 1.82) is 0 Å². The summed E-state index contributed by atoms with van der Waals surface area (Å²) in [5, 5.41) is 7.53. The summed E-state index contributed by atoms with van der Waals surface area (Å²) in [5.74, 6) is 0. The van der Waals surface area contributed by atoms with Crippen LogP contribution in [0, 0.1) is 0 Å². The fourth-order valence-electron chi connectivity index (χ4n) is 10.2. The van der Waals surface area contributed by atoms with Gasteiger partial charge in [0.2, 0.25) is 0 Å². The summed E-state index contributed by atoms with van der Waals surface area (Å²) in [5.41, 5.74) is 16.8. The van der Waals surface area contributed by atoms with Crippen LogP contribution in [0.5, 0.6) is 0 Å². The van der Waals surface area contributed by atoms with E-state index in [1.165, 1.54) is 109 Å². The van der Waals surface area contributed by atoms with Crippen LogP contribution in [0.4, 0.5) is 0 Å². The van der Waals surface area contributed by atoms with Crippen LogP contribution in [0.2, 0.25) is 0 Å². The number of rotatable bonds is 7. The monoisotopic (exact) mass is 847 g/mol. The minimum absolute atomic E-state index is 1.14. The van der Waals surface area contributed by atoms with E-state index >= 15 is 0 Å². The summed E-state index contributed by atoms with van der Waals surface area (Å²) in [6.45, 7) is 0. The highest BCUT2D eigenvalue weighted by atomic mass is 32.2. The Morgan fingerprint density at radius 1 is 0.262 bits per heavy atom. The minimum atomic E-state index is 1.14. The smallest absolute Gasteiger partial charge is 0.0541 e. The molecule has 4 heteroatoms. The van der Waals surface area contributed by atoms with E-state index in [9.17, 15) is 0 Å². The average molecular weight is 848 g/mol. The van der Waals surface area contributed by atoms with E-state index in [0.717, 1.165) is 11.4 Å². The van der Waals surface area contributed by atoms with Crippen LogP contribution in [-0.4, -0.2) is 13.7 Å². The molecule has 3 aromatic heterocycles. The molecule has 0 spiro atoms. The third kappa shape index (κ3) is 6.21. The first kappa shape index (κ1) is 37.5. The maximum Gasteiger partial charge on any atom is 0.0541 e. The summed E-state index contributed by atoms with van der Waals surface area (Å²) >= 11 is 1.83. The predicted octanol–water partition coefficient (Wildman–Crippen LogP) is 16.7. The molecule has 3 nitrogen and oxygen atoms in total. The zero-order chi connectivity index (χ0) is 43.0. The van der Waals surface area contributed by atoms with Gasteiger partial charge in [0.05, 0.1) is 22.1 Å². The fourth-order valence-corrected chi connectivity index (χ4v) is 11.1. The molecule has 0 saturated carbocycles. The molecule has 3 heterocycles. The molecule has 306 valence electrons. The van der Waals surface area contributed by atoms with Gasteiger partial charge in [-0.25, -0.2) is 0 Å². The number of aromatic nitrogens is 3. The Bertz CT molecular complexity index is 3970. The van der Waals surface area contributed by atoms with E-state index in [0.29, 0.717) is 0 Å². The van der Waals surface area contributed by atoms with Crippen molar-refractivity contribution in [3.63, 3.8) is 0 Å². The standard InChI is InChI=1S/C61H41N3S/c1-62-56-23-12-11-22-50(56)51-37-45(24-29-57(51)62)42-18-13-21-47(34-42)64-59-31-26-44(41-16-7-3-8-17-41)36-53(59)55-39-49(28-33-61(55)64)65-48-27-32-60-54(38-48)52-35-43(40-14-5-2-6-15-40)25-30-58(52)63(60)46-19-9-4-10-20-46/h2-39H,1H3. The van der Waals surface area contributed by atoms with Crippen molar-refractivity contribution < 1.29 is 0 Å². The topological polar surface area (TPSA) is 14.8 Å². The first-order chi connectivity index (χ1) is 32.1. The molecule has 0 aliphatic rings. The second kappa shape index (κ2) is 15.0. The molecule has 0 amide bonds. The summed E-state index contributed by atoms with van der Waals surface area (Å²) in [6.07, 6.45) is 0. The van der Waals surface area contributed by atoms with Crippen LogP contribution in [-0.2, 0) is 7.05 Å². The number of aryl methyl sites for hydroxylation is 1. The number of hydrogen-bond acceptors (Lipinski definition) is 1. The molecule has 0 bridgehead atoms. The summed E-state index contributed by atoms with van der Waals surface area (Å²) in [7, 11) is 2.16. The van der Waals surface area contributed by atoms with Gasteiger partial charge in [0.1, 0.15) is 0 Å². The third-order valence-electron chi connectivity index (χ3n) is 13.3. The maximum atomic E-state index is 2.45. The first-order valence-corrected chi connectivity index (χ1v) is 23.0. The van der Waals surface area contributed by atoms with Crippen molar-refractivity contribution in [1.82, 2.24) is 13.7 Å². The first-order valence-electron chi connectivity index (χ1n) is 22.2. The van der Waals surface area contributed by atoms with Crippen LogP contribution in [0.25, 0.3) is 110 Å². The van der Waals surface area contributed by atoms with Crippen molar-refractivity contribution in [2.45, 2.75) is 9.79 Å². The lowest BCUT2D eigenvalue weighted by atomic mass is 10.0.